The number of nitrogens with one attached hydrogen (secondary N) is 2. The van der Waals surface area contributed by atoms with E-state index < -0.39 is 10.0 Å². The molecule has 1 amide bonds. The first-order valence-corrected chi connectivity index (χ1v) is 11.1. The second-order valence-corrected chi connectivity index (χ2v) is 9.27. The van der Waals surface area contributed by atoms with Gasteiger partial charge in [-0.25, -0.2) is 13.1 Å². The molecule has 1 aliphatic heterocycles. The number of carbonyl (C=O) groups is 1. The summed E-state index contributed by atoms with van der Waals surface area (Å²) in [5, 5.41) is 4.49. The molecule has 6 nitrogen and oxygen atoms in total. The second kappa shape index (κ2) is 8.06. The Kier molecular flexibility index (Phi) is 5.99. The number of hydrogen-bond acceptors (Lipinski definition) is 4. The summed E-state index contributed by atoms with van der Waals surface area (Å²) >= 11 is 7.85. The summed E-state index contributed by atoms with van der Waals surface area (Å²) in [4.78, 5) is 16.0. The van der Waals surface area contributed by atoms with E-state index in [9.17, 15) is 13.2 Å². The van der Waals surface area contributed by atoms with Crippen LogP contribution < -0.4 is 9.62 Å². The third kappa shape index (κ3) is 4.27. The Balaban J connectivity index is 1.69. The van der Waals surface area contributed by atoms with E-state index in [1.165, 1.54) is 35.7 Å². The molecule has 2 aromatic rings. The zero-order valence-corrected chi connectivity index (χ0v) is 16.8. The molecule has 9 heteroatoms. The summed E-state index contributed by atoms with van der Waals surface area (Å²) in [6, 6.07) is 6.33. The van der Waals surface area contributed by atoms with Gasteiger partial charge in [0.2, 0.25) is 10.0 Å². The van der Waals surface area contributed by atoms with Crippen LogP contribution in [0.4, 0.5) is 0 Å². The third-order valence-corrected chi connectivity index (χ3v) is 7.01. The summed E-state index contributed by atoms with van der Waals surface area (Å²) in [7, 11) is -2.29. The van der Waals surface area contributed by atoms with Crippen molar-refractivity contribution in [3.05, 3.63) is 51.2 Å². The van der Waals surface area contributed by atoms with Crippen molar-refractivity contribution in [2.24, 2.45) is 0 Å². The maximum absolute atomic E-state index is 12.8. The van der Waals surface area contributed by atoms with Crippen molar-refractivity contribution in [1.29, 1.82) is 0 Å². The van der Waals surface area contributed by atoms with Crippen LogP contribution in [-0.4, -0.2) is 52.5 Å². The van der Waals surface area contributed by atoms with Crippen LogP contribution in [0, 0.1) is 0 Å². The number of amides is 1. The molecule has 1 aromatic carbocycles. The average Bonchev–Trinajstić information content (AvgIpc) is 3.15. The predicted molar refractivity (Wildman–Crippen MR) is 102 cm³/mol. The van der Waals surface area contributed by atoms with Crippen LogP contribution in [0.2, 0.25) is 5.02 Å². The molecule has 0 atom stereocenters. The lowest BCUT2D eigenvalue weighted by atomic mass is 10.1. The lowest BCUT2D eigenvalue weighted by Crippen LogP contribution is -3.13. The van der Waals surface area contributed by atoms with Crippen LogP contribution in [0.15, 0.2) is 39.9 Å². The fourth-order valence-corrected chi connectivity index (χ4v) is 4.63. The van der Waals surface area contributed by atoms with Crippen LogP contribution in [0.5, 0.6) is 0 Å². The molecule has 1 fully saturated rings. The van der Waals surface area contributed by atoms with E-state index in [2.05, 4.69) is 21.5 Å². The van der Waals surface area contributed by atoms with Gasteiger partial charge in [-0.05, 0) is 42.1 Å². The zero-order chi connectivity index (χ0) is 18.7. The highest BCUT2D eigenvalue weighted by molar-refractivity contribution is 7.89. The topological polar surface area (TPSA) is 70.9 Å². The minimum Gasteiger partial charge on any atom is -0.328 e. The second-order valence-electron chi connectivity index (χ2n) is 6.20. The summed E-state index contributed by atoms with van der Waals surface area (Å²) in [5.41, 5.74) is 1.54. The Labute approximate surface area is 162 Å². The molecule has 2 heterocycles. The number of hydrogen-bond donors (Lipinski definition) is 2. The van der Waals surface area contributed by atoms with E-state index in [0.29, 0.717) is 13.1 Å². The monoisotopic (exact) mass is 414 g/mol. The fourth-order valence-electron chi connectivity index (χ4n) is 3.01. The Morgan fingerprint density at radius 3 is 2.65 bits per heavy atom. The number of halogens is 1. The molecule has 1 aliphatic rings. The molecule has 0 unspecified atom stereocenters. The molecule has 2 N–H and O–H groups in total. The zero-order valence-electron chi connectivity index (χ0n) is 14.4. The maximum Gasteiger partial charge on any atom is 0.255 e. The van der Waals surface area contributed by atoms with Gasteiger partial charge in [0.1, 0.15) is 6.54 Å². The number of nitrogens with zero attached hydrogens (tertiary/aromatic N) is 1. The van der Waals surface area contributed by atoms with Crippen molar-refractivity contribution < 1.29 is 18.1 Å². The molecule has 0 saturated carbocycles. The van der Waals surface area contributed by atoms with Gasteiger partial charge in [0, 0.05) is 5.56 Å². The highest BCUT2D eigenvalue weighted by Crippen LogP contribution is 2.22. The van der Waals surface area contributed by atoms with Crippen molar-refractivity contribution in [1.82, 2.24) is 9.62 Å². The van der Waals surface area contributed by atoms with Gasteiger partial charge < -0.3 is 9.80 Å². The van der Waals surface area contributed by atoms with Gasteiger partial charge in [-0.2, -0.15) is 11.3 Å². The summed E-state index contributed by atoms with van der Waals surface area (Å²) in [6.45, 7) is 3.92. The van der Waals surface area contributed by atoms with Crippen molar-refractivity contribution in [3.63, 3.8) is 0 Å². The molecule has 0 bridgehead atoms. The number of benzene rings is 1. The number of sulfonamides is 1. The number of piperazine rings is 1. The summed E-state index contributed by atoms with van der Waals surface area (Å²) in [5.74, 6) is -0.224. The highest BCUT2D eigenvalue weighted by atomic mass is 35.5. The molecule has 26 heavy (non-hydrogen) atoms. The largest absolute Gasteiger partial charge is 0.328 e. The van der Waals surface area contributed by atoms with Crippen molar-refractivity contribution >= 4 is 38.9 Å². The lowest BCUT2D eigenvalue weighted by molar-refractivity contribution is -0.917. The first-order valence-electron chi connectivity index (χ1n) is 8.28. The molecule has 0 radical (unpaired) electrons. The Morgan fingerprint density at radius 2 is 2.04 bits per heavy atom. The minimum atomic E-state index is -3.62. The third-order valence-electron chi connectivity index (χ3n) is 4.54. The van der Waals surface area contributed by atoms with Gasteiger partial charge in [0.25, 0.3) is 5.91 Å². The molecule has 1 saturated heterocycles. The highest BCUT2D eigenvalue weighted by Gasteiger charge is 2.27. The Morgan fingerprint density at radius 1 is 1.31 bits per heavy atom. The van der Waals surface area contributed by atoms with Crippen LogP contribution in [0.25, 0.3) is 0 Å². The molecule has 140 valence electrons. The van der Waals surface area contributed by atoms with Gasteiger partial charge in [-0.1, -0.05) is 11.6 Å². The van der Waals surface area contributed by atoms with E-state index in [1.807, 2.05) is 0 Å². The minimum absolute atomic E-state index is 0.0365. The molecule has 0 spiro atoms. The quantitative estimate of drug-likeness (QED) is 0.762. The van der Waals surface area contributed by atoms with E-state index in [4.69, 9.17) is 11.6 Å². The maximum atomic E-state index is 12.8. The standard InChI is InChI=1S/C17H20ClN3O3S2/c1-19-26(23,24)14-2-3-16(18)15(10-14)17(22)21-7-5-20(6-8-21)11-13-4-9-25-12-13/h2-4,9-10,12,19H,5-8,11H2,1H3/p+1. The molecular weight excluding hydrogens is 394 g/mol. The van der Waals surface area contributed by atoms with Crippen molar-refractivity contribution in [3.8, 4) is 0 Å². The summed E-state index contributed by atoms with van der Waals surface area (Å²) in [6.07, 6.45) is 0. The molecule has 3 rings (SSSR count). The van der Waals surface area contributed by atoms with E-state index in [-0.39, 0.29) is 21.4 Å². The molecule has 0 aliphatic carbocycles. The number of quaternary nitrogens is 1. The summed E-state index contributed by atoms with van der Waals surface area (Å²) < 4.78 is 26.2. The van der Waals surface area contributed by atoms with Crippen LogP contribution in [0.1, 0.15) is 15.9 Å². The smallest absolute Gasteiger partial charge is 0.255 e. The lowest BCUT2D eigenvalue weighted by Gasteiger charge is -2.32. The number of rotatable bonds is 5. The average molecular weight is 415 g/mol. The van der Waals surface area contributed by atoms with Gasteiger partial charge >= 0.3 is 0 Å². The van der Waals surface area contributed by atoms with Crippen molar-refractivity contribution in [2.75, 3.05) is 33.2 Å². The van der Waals surface area contributed by atoms with Crippen LogP contribution in [-0.2, 0) is 16.6 Å². The van der Waals surface area contributed by atoms with Crippen LogP contribution >= 0.6 is 22.9 Å². The van der Waals surface area contributed by atoms with E-state index in [0.717, 1.165) is 19.6 Å². The predicted octanol–water partition coefficient (Wildman–Crippen LogP) is 0.851. The number of thiophene rings is 1. The van der Waals surface area contributed by atoms with E-state index >= 15 is 0 Å². The van der Waals surface area contributed by atoms with Gasteiger partial charge in [0.05, 0.1) is 41.7 Å². The first kappa shape index (κ1) is 19.3. The Hall–Kier alpha value is -1.45. The fraction of sp³-hybridized carbons (Fsp3) is 0.353. The van der Waals surface area contributed by atoms with Gasteiger partial charge in [0.15, 0.2) is 0 Å². The van der Waals surface area contributed by atoms with E-state index in [1.54, 1.807) is 16.2 Å². The van der Waals surface area contributed by atoms with Crippen molar-refractivity contribution in [2.45, 2.75) is 11.4 Å². The molecule has 1 aromatic heterocycles. The van der Waals surface area contributed by atoms with Gasteiger partial charge in [-0.15, -0.1) is 0 Å². The number of carbonyl (C=O) groups excluding carboxylic acids is 1. The SMILES string of the molecule is CNS(=O)(=O)c1ccc(Cl)c(C(=O)N2CC[NH+](Cc3ccsc3)CC2)c1. The van der Waals surface area contributed by atoms with Gasteiger partial charge in [-0.3, -0.25) is 4.79 Å². The molecular formula is C17H21ClN3O3S2+. The Bertz CT molecular complexity index is 877. The normalized spacial score (nSPS) is 16.0. The first-order chi connectivity index (χ1) is 12.4. The van der Waals surface area contributed by atoms with Crippen LogP contribution in [0.3, 0.4) is 0 Å².